The largest absolute Gasteiger partial charge is 0.383 e. The summed E-state index contributed by atoms with van der Waals surface area (Å²) >= 11 is 0. The van der Waals surface area contributed by atoms with E-state index in [1.165, 1.54) is 0 Å². The van der Waals surface area contributed by atoms with E-state index < -0.39 is 0 Å². The van der Waals surface area contributed by atoms with Crippen LogP contribution in [0.3, 0.4) is 0 Å². The van der Waals surface area contributed by atoms with Gasteiger partial charge in [-0.25, -0.2) is 15.0 Å². The molecule has 3 aromatic heterocycles. The van der Waals surface area contributed by atoms with E-state index in [1.807, 2.05) is 49.2 Å². The Morgan fingerprint density at radius 3 is 2.49 bits per heavy atom. The minimum Gasteiger partial charge on any atom is -0.383 e. The van der Waals surface area contributed by atoms with Crippen LogP contribution >= 0.6 is 0 Å². The number of fused-ring (bicyclic) bond motifs is 1. The molecule has 2 N–H and O–H groups in total. The van der Waals surface area contributed by atoms with Gasteiger partial charge in [0.05, 0.1) is 23.8 Å². The number of rotatable bonds is 6. The van der Waals surface area contributed by atoms with E-state index in [0.717, 1.165) is 53.7 Å². The van der Waals surface area contributed by atoms with Crippen LogP contribution in [0.2, 0.25) is 0 Å². The molecule has 39 heavy (non-hydrogen) atoms. The van der Waals surface area contributed by atoms with Crippen LogP contribution in [-0.4, -0.2) is 54.6 Å². The molecule has 1 saturated heterocycles. The Kier molecular flexibility index (Phi) is 7.49. The number of nitrogens with zero attached hydrogens (tertiary/aromatic N) is 6. The van der Waals surface area contributed by atoms with Gasteiger partial charge in [-0.1, -0.05) is 6.07 Å². The van der Waals surface area contributed by atoms with Crippen LogP contribution in [0, 0.1) is 6.92 Å². The fourth-order valence-electron chi connectivity index (χ4n) is 5.12. The highest BCUT2D eigenvalue weighted by atomic mass is 16.2. The molecule has 200 valence electrons. The van der Waals surface area contributed by atoms with Crippen LogP contribution in [0.25, 0.3) is 10.9 Å². The van der Waals surface area contributed by atoms with E-state index in [9.17, 15) is 9.59 Å². The van der Waals surface area contributed by atoms with Gasteiger partial charge in [0, 0.05) is 49.6 Å². The van der Waals surface area contributed by atoms with Gasteiger partial charge in [0.2, 0.25) is 5.91 Å². The molecule has 4 aromatic rings. The molecule has 0 spiro atoms. The number of nitrogen functional groups attached to an aromatic ring is 1. The minimum atomic E-state index is -0.377. The number of carbonyl (C=O) groups excluding carboxylic acids is 2. The standard InChI is InChI=1S/C30H33N7O2/c1-19-15-25-16-23(6-8-27(25)35-28(19)31)30(39)37(20(2)29-32-11-4-12-33-29)18-26-7-5-24(17-34-26)22-9-13-36(14-10-22)21(3)38/h4-8,11-12,15-17,20,22H,9-10,13-14,18H2,1-3H3,(H2,31,35)/t20-/m1/s1. The van der Waals surface area contributed by atoms with Crippen LogP contribution in [0.5, 0.6) is 0 Å². The van der Waals surface area contributed by atoms with Crippen LogP contribution in [0.1, 0.15) is 71.7 Å². The zero-order valence-corrected chi connectivity index (χ0v) is 22.5. The van der Waals surface area contributed by atoms with Crippen molar-refractivity contribution in [2.45, 2.75) is 52.1 Å². The highest BCUT2D eigenvalue weighted by Gasteiger charge is 2.26. The Hall–Kier alpha value is -4.40. The molecule has 1 aromatic carbocycles. The van der Waals surface area contributed by atoms with E-state index in [-0.39, 0.29) is 17.9 Å². The molecule has 4 heterocycles. The van der Waals surface area contributed by atoms with Crippen molar-refractivity contribution < 1.29 is 9.59 Å². The number of nitrogens with two attached hydrogens (primary N) is 1. The topological polar surface area (TPSA) is 118 Å². The van der Waals surface area contributed by atoms with Gasteiger partial charge in [-0.15, -0.1) is 0 Å². The molecule has 0 radical (unpaired) electrons. The predicted molar refractivity (Wildman–Crippen MR) is 150 cm³/mol. The molecule has 0 bridgehead atoms. The Morgan fingerprint density at radius 1 is 1.08 bits per heavy atom. The molecular weight excluding hydrogens is 490 g/mol. The van der Waals surface area contributed by atoms with E-state index in [1.54, 1.807) is 36.4 Å². The molecule has 0 aliphatic carbocycles. The molecule has 5 rings (SSSR count). The second-order valence-corrected chi connectivity index (χ2v) is 10.2. The fraction of sp³-hybridized carbons (Fsp3) is 0.333. The van der Waals surface area contributed by atoms with Crippen molar-refractivity contribution in [3.05, 3.63) is 89.3 Å². The Bertz CT molecular complexity index is 1480. The number of anilines is 1. The van der Waals surface area contributed by atoms with E-state index in [0.29, 0.717) is 29.7 Å². The Labute approximate surface area is 228 Å². The first-order chi connectivity index (χ1) is 18.8. The van der Waals surface area contributed by atoms with Crippen molar-refractivity contribution >= 4 is 28.5 Å². The molecular formula is C30H33N7O2. The second kappa shape index (κ2) is 11.1. The number of amides is 2. The van der Waals surface area contributed by atoms with Gasteiger partial charge in [0.1, 0.15) is 11.6 Å². The number of benzene rings is 1. The zero-order valence-electron chi connectivity index (χ0n) is 22.5. The van der Waals surface area contributed by atoms with Crippen LogP contribution in [0.4, 0.5) is 5.82 Å². The van der Waals surface area contributed by atoms with Crippen LogP contribution in [-0.2, 0) is 11.3 Å². The second-order valence-electron chi connectivity index (χ2n) is 10.2. The van der Waals surface area contributed by atoms with Crippen molar-refractivity contribution in [1.82, 2.24) is 29.7 Å². The summed E-state index contributed by atoms with van der Waals surface area (Å²) in [6.45, 7) is 7.30. The predicted octanol–water partition coefficient (Wildman–Crippen LogP) is 4.44. The molecule has 1 fully saturated rings. The van der Waals surface area contributed by atoms with Crippen molar-refractivity contribution in [3.63, 3.8) is 0 Å². The first-order valence-electron chi connectivity index (χ1n) is 13.2. The number of aromatic nitrogens is 4. The summed E-state index contributed by atoms with van der Waals surface area (Å²) in [6.07, 6.45) is 7.12. The first-order valence-corrected chi connectivity index (χ1v) is 13.2. The van der Waals surface area contributed by atoms with Crippen molar-refractivity contribution in [2.75, 3.05) is 18.8 Å². The summed E-state index contributed by atoms with van der Waals surface area (Å²) < 4.78 is 0. The van der Waals surface area contributed by atoms with Gasteiger partial charge in [0.25, 0.3) is 5.91 Å². The lowest BCUT2D eigenvalue weighted by Crippen LogP contribution is -2.36. The van der Waals surface area contributed by atoms with Gasteiger partial charge < -0.3 is 15.5 Å². The molecule has 2 amide bonds. The molecule has 1 aliphatic rings. The first kappa shape index (κ1) is 26.2. The van der Waals surface area contributed by atoms with Crippen molar-refractivity contribution in [1.29, 1.82) is 0 Å². The summed E-state index contributed by atoms with van der Waals surface area (Å²) in [5.41, 5.74) is 10.1. The minimum absolute atomic E-state index is 0.130. The SMILES string of the molecule is CC(=O)N1CCC(c2ccc(CN(C(=O)c3ccc4nc(N)c(C)cc4c3)[C@H](C)c3ncccn3)nc2)CC1. The molecule has 1 aliphatic heterocycles. The Morgan fingerprint density at radius 2 is 1.82 bits per heavy atom. The third kappa shape index (κ3) is 5.72. The number of carbonyl (C=O) groups is 2. The lowest BCUT2D eigenvalue weighted by atomic mass is 9.90. The summed E-state index contributed by atoms with van der Waals surface area (Å²) in [5.74, 6) is 1.40. The summed E-state index contributed by atoms with van der Waals surface area (Å²) in [5, 5.41) is 0.856. The van der Waals surface area contributed by atoms with Crippen LogP contribution < -0.4 is 5.73 Å². The van der Waals surface area contributed by atoms with Crippen molar-refractivity contribution in [3.8, 4) is 0 Å². The van der Waals surface area contributed by atoms with Gasteiger partial charge in [-0.05, 0) is 80.1 Å². The molecule has 0 unspecified atom stereocenters. The average Bonchev–Trinajstić information content (AvgIpc) is 2.96. The number of hydrogen-bond acceptors (Lipinski definition) is 7. The monoisotopic (exact) mass is 523 g/mol. The number of pyridine rings is 2. The lowest BCUT2D eigenvalue weighted by Gasteiger charge is -2.31. The van der Waals surface area contributed by atoms with Crippen LogP contribution in [0.15, 0.2) is 61.1 Å². The van der Waals surface area contributed by atoms with Gasteiger partial charge >= 0.3 is 0 Å². The smallest absolute Gasteiger partial charge is 0.254 e. The number of aryl methyl sites for hydroxylation is 1. The van der Waals surface area contributed by atoms with E-state index in [4.69, 9.17) is 10.7 Å². The zero-order chi connectivity index (χ0) is 27.5. The highest BCUT2D eigenvalue weighted by Crippen LogP contribution is 2.29. The number of hydrogen-bond donors (Lipinski definition) is 1. The summed E-state index contributed by atoms with van der Waals surface area (Å²) in [6, 6.07) is 12.9. The third-order valence-electron chi connectivity index (χ3n) is 7.57. The fourth-order valence-corrected chi connectivity index (χ4v) is 5.12. The normalized spacial score (nSPS) is 14.8. The average molecular weight is 524 g/mol. The van der Waals surface area contributed by atoms with E-state index in [2.05, 4.69) is 21.0 Å². The molecule has 0 saturated carbocycles. The maximum atomic E-state index is 13.9. The summed E-state index contributed by atoms with van der Waals surface area (Å²) in [4.78, 5) is 47.2. The maximum Gasteiger partial charge on any atom is 0.254 e. The highest BCUT2D eigenvalue weighted by molar-refractivity contribution is 5.98. The number of likely N-dealkylation sites (tertiary alicyclic amines) is 1. The van der Waals surface area contributed by atoms with Gasteiger partial charge in [-0.3, -0.25) is 14.6 Å². The third-order valence-corrected chi connectivity index (χ3v) is 7.57. The lowest BCUT2D eigenvalue weighted by molar-refractivity contribution is -0.129. The maximum absolute atomic E-state index is 13.9. The Balaban J connectivity index is 1.40. The number of piperidine rings is 1. The molecule has 9 heteroatoms. The molecule has 1 atom stereocenters. The van der Waals surface area contributed by atoms with Gasteiger partial charge in [0.15, 0.2) is 0 Å². The van der Waals surface area contributed by atoms with E-state index >= 15 is 0 Å². The molecule has 9 nitrogen and oxygen atoms in total. The van der Waals surface area contributed by atoms with Crippen molar-refractivity contribution in [2.24, 2.45) is 0 Å². The summed E-state index contributed by atoms with van der Waals surface area (Å²) in [7, 11) is 0. The quantitative estimate of drug-likeness (QED) is 0.397. The van der Waals surface area contributed by atoms with Gasteiger partial charge in [-0.2, -0.15) is 0 Å².